The van der Waals surface area contributed by atoms with E-state index in [0.29, 0.717) is 0 Å². The van der Waals surface area contributed by atoms with Gasteiger partial charge >= 0.3 is 0 Å². The third-order valence-electron chi connectivity index (χ3n) is 5.28. The minimum absolute atomic E-state index is 0.169. The zero-order chi connectivity index (χ0) is 19.8. The van der Waals surface area contributed by atoms with Crippen LogP contribution in [0.2, 0.25) is 0 Å². The number of hydrogen-bond donors (Lipinski definition) is 3. The van der Waals surface area contributed by atoms with Crippen LogP contribution in [0.5, 0.6) is 0 Å². The van der Waals surface area contributed by atoms with Crippen LogP contribution in [-0.4, -0.2) is 29.1 Å². The fourth-order valence-electron chi connectivity index (χ4n) is 3.86. The minimum atomic E-state index is 0.169. The SMILES string of the molecule is C=C(c1cccc(C)c1)N(N)c1c[nH]c2ncc(Br)c(N3CCC[C@@H](N)C3)c12. The van der Waals surface area contributed by atoms with Crippen LogP contribution in [0.15, 0.2) is 47.7 Å². The lowest BCUT2D eigenvalue weighted by molar-refractivity contribution is 0.506. The molecule has 4 rings (SSSR count). The van der Waals surface area contributed by atoms with E-state index in [2.05, 4.69) is 56.4 Å². The number of nitrogens with two attached hydrogens (primary N) is 2. The quantitative estimate of drug-likeness (QED) is 0.422. The number of nitrogens with one attached hydrogen (secondary N) is 1. The van der Waals surface area contributed by atoms with E-state index < -0.39 is 0 Å². The van der Waals surface area contributed by atoms with E-state index >= 15 is 0 Å². The van der Waals surface area contributed by atoms with Gasteiger partial charge in [0, 0.05) is 31.5 Å². The van der Waals surface area contributed by atoms with E-state index in [-0.39, 0.29) is 6.04 Å². The highest BCUT2D eigenvalue weighted by Gasteiger charge is 2.25. The van der Waals surface area contributed by atoms with Gasteiger partial charge < -0.3 is 15.6 Å². The molecule has 0 bridgehead atoms. The Kier molecular flexibility index (Phi) is 5.14. The van der Waals surface area contributed by atoms with Crippen molar-refractivity contribution < 1.29 is 0 Å². The molecule has 0 amide bonds. The third kappa shape index (κ3) is 3.41. The second kappa shape index (κ2) is 7.58. The highest BCUT2D eigenvalue weighted by molar-refractivity contribution is 9.10. The topological polar surface area (TPSA) is 87.2 Å². The number of anilines is 2. The summed E-state index contributed by atoms with van der Waals surface area (Å²) in [5, 5.41) is 2.61. The van der Waals surface area contributed by atoms with Crippen LogP contribution < -0.4 is 21.5 Å². The maximum Gasteiger partial charge on any atom is 0.141 e. The number of nitrogens with zero attached hydrogens (tertiary/aromatic N) is 3. The van der Waals surface area contributed by atoms with E-state index in [1.54, 1.807) is 5.01 Å². The van der Waals surface area contributed by atoms with Gasteiger partial charge in [-0.1, -0.05) is 30.3 Å². The summed E-state index contributed by atoms with van der Waals surface area (Å²) < 4.78 is 0.935. The van der Waals surface area contributed by atoms with Gasteiger partial charge in [-0.2, -0.15) is 0 Å². The molecule has 146 valence electrons. The van der Waals surface area contributed by atoms with Gasteiger partial charge in [-0.15, -0.1) is 0 Å². The van der Waals surface area contributed by atoms with Gasteiger partial charge in [0.1, 0.15) is 5.65 Å². The number of fused-ring (bicyclic) bond motifs is 1. The van der Waals surface area contributed by atoms with Gasteiger partial charge in [-0.05, 0) is 47.3 Å². The van der Waals surface area contributed by atoms with Crippen LogP contribution in [0.3, 0.4) is 0 Å². The number of rotatable bonds is 4. The molecule has 1 aliphatic heterocycles. The van der Waals surface area contributed by atoms with Crippen molar-refractivity contribution in [2.45, 2.75) is 25.8 Å². The Morgan fingerprint density at radius 3 is 3.00 bits per heavy atom. The van der Waals surface area contributed by atoms with Crippen molar-refractivity contribution in [1.29, 1.82) is 0 Å². The summed E-state index contributed by atoms with van der Waals surface area (Å²) >= 11 is 3.69. The second-order valence-electron chi connectivity index (χ2n) is 7.39. The van der Waals surface area contributed by atoms with E-state index in [0.717, 1.165) is 64.1 Å². The molecule has 0 saturated carbocycles. The molecule has 0 radical (unpaired) electrons. The summed E-state index contributed by atoms with van der Waals surface area (Å²) in [4.78, 5) is 10.1. The highest BCUT2D eigenvalue weighted by Crippen LogP contribution is 2.40. The normalized spacial score (nSPS) is 17.1. The largest absolute Gasteiger partial charge is 0.368 e. The van der Waals surface area contributed by atoms with Crippen molar-refractivity contribution in [3.05, 3.63) is 58.8 Å². The number of H-pyrrole nitrogens is 1. The van der Waals surface area contributed by atoms with Crippen LogP contribution >= 0.6 is 15.9 Å². The van der Waals surface area contributed by atoms with Crippen molar-refractivity contribution in [1.82, 2.24) is 9.97 Å². The number of hydrogen-bond acceptors (Lipinski definition) is 5. The van der Waals surface area contributed by atoms with Gasteiger partial charge in [-0.25, -0.2) is 10.8 Å². The van der Waals surface area contributed by atoms with Gasteiger partial charge in [-0.3, -0.25) is 5.01 Å². The zero-order valence-corrected chi connectivity index (χ0v) is 17.5. The lowest BCUT2D eigenvalue weighted by Crippen LogP contribution is -2.43. The second-order valence-corrected chi connectivity index (χ2v) is 8.24. The van der Waals surface area contributed by atoms with Crippen LogP contribution in [0.1, 0.15) is 24.0 Å². The maximum absolute atomic E-state index is 6.53. The van der Waals surface area contributed by atoms with E-state index in [1.165, 1.54) is 5.56 Å². The van der Waals surface area contributed by atoms with Crippen LogP contribution in [0.4, 0.5) is 11.4 Å². The molecule has 7 heteroatoms. The molecule has 1 saturated heterocycles. The first-order valence-electron chi connectivity index (χ1n) is 9.42. The standard InChI is InChI=1S/C21H25BrN6/c1-13-5-3-6-15(9-13)14(2)28(24)18-11-26-21-19(18)20(17(22)10-25-21)27-8-4-7-16(23)12-27/h3,5-6,9-11,16H,2,4,7-8,12,23-24H2,1H3,(H,25,26)/t16-/m1/s1. The molecular weight excluding hydrogens is 416 g/mol. The van der Waals surface area contributed by atoms with Crippen molar-refractivity contribution in [3.8, 4) is 0 Å². The fourth-order valence-corrected chi connectivity index (χ4v) is 4.41. The number of halogens is 1. The van der Waals surface area contributed by atoms with Crippen molar-refractivity contribution in [3.63, 3.8) is 0 Å². The average Bonchev–Trinajstić information content (AvgIpc) is 3.10. The minimum Gasteiger partial charge on any atom is -0.368 e. The molecule has 1 aliphatic rings. The molecule has 0 unspecified atom stereocenters. The number of pyridine rings is 1. The number of benzene rings is 1. The highest BCUT2D eigenvalue weighted by atomic mass is 79.9. The number of aryl methyl sites for hydroxylation is 1. The predicted octanol–water partition coefficient (Wildman–Crippen LogP) is 3.91. The molecule has 1 aromatic carbocycles. The fraction of sp³-hybridized carbons (Fsp3) is 0.286. The monoisotopic (exact) mass is 440 g/mol. The van der Waals surface area contributed by atoms with Crippen LogP contribution in [-0.2, 0) is 0 Å². The summed E-state index contributed by atoms with van der Waals surface area (Å²) in [6.07, 6.45) is 5.84. The summed E-state index contributed by atoms with van der Waals surface area (Å²) in [6, 6.07) is 8.33. The first-order chi connectivity index (χ1) is 13.5. The number of aromatic amines is 1. The molecule has 0 aliphatic carbocycles. The summed E-state index contributed by atoms with van der Waals surface area (Å²) in [6.45, 7) is 8.05. The van der Waals surface area contributed by atoms with Crippen molar-refractivity contribution >= 4 is 44.0 Å². The summed E-state index contributed by atoms with van der Waals surface area (Å²) in [5.74, 6) is 6.53. The molecule has 2 aromatic heterocycles. The molecular formula is C21H25BrN6. The Balaban J connectivity index is 1.79. The predicted molar refractivity (Wildman–Crippen MR) is 120 cm³/mol. The summed E-state index contributed by atoms with van der Waals surface area (Å²) in [5.41, 5.74) is 11.8. The van der Waals surface area contributed by atoms with Crippen molar-refractivity contribution in [2.24, 2.45) is 11.6 Å². The molecule has 1 fully saturated rings. The molecule has 28 heavy (non-hydrogen) atoms. The Morgan fingerprint density at radius 1 is 1.43 bits per heavy atom. The molecule has 3 heterocycles. The zero-order valence-electron chi connectivity index (χ0n) is 16.0. The molecule has 1 atom stereocenters. The van der Waals surface area contributed by atoms with Gasteiger partial charge in [0.05, 0.1) is 26.9 Å². The lowest BCUT2D eigenvalue weighted by Gasteiger charge is -2.34. The Labute approximate surface area is 173 Å². The number of hydrazine groups is 1. The first-order valence-corrected chi connectivity index (χ1v) is 10.2. The van der Waals surface area contributed by atoms with Crippen LogP contribution in [0.25, 0.3) is 16.7 Å². The Hall–Kier alpha value is -2.35. The Bertz CT molecular complexity index is 1030. The van der Waals surface area contributed by atoms with E-state index in [1.807, 2.05) is 24.5 Å². The van der Waals surface area contributed by atoms with Gasteiger partial charge in [0.2, 0.25) is 0 Å². The Morgan fingerprint density at radius 2 is 2.25 bits per heavy atom. The first kappa shape index (κ1) is 19.0. The van der Waals surface area contributed by atoms with E-state index in [9.17, 15) is 0 Å². The van der Waals surface area contributed by atoms with Crippen molar-refractivity contribution in [2.75, 3.05) is 23.0 Å². The third-order valence-corrected chi connectivity index (χ3v) is 5.86. The number of aromatic nitrogens is 2. The smallest absolute Gasteiger partial charge is 0.141 e. The lowest BCUT2D eigenvalue weighted by atomic mass is 10.0. The molecule has 3 aromatic rings. The molecule has 5 N–H and O–H groups in total. The van der Waals surface area contributed by atoms with Gasteiger partial charge in [0.15, 0.2) is 0 Å². The maximum atomic E-state index is 6.53. The number of piperidine rings is 1. The van der Waals surface area contributed by atoms with E-state index in [4.69, 9.17) is 11.6 Å². The van der Waals surface area contributed by atoms with Crippen LogP contribution in [0, 0.1) is 6.92 Å². The molecule has 6 nitrogen and oxygen atoms in total. The molecule has 0 spiro atoms. The summed E-state index contributed by atoms with van der Waals surface area (Å²) in [7, 11) is 0. The van der Waals surface area contributed by atoms with Gasteiger partial charge in [0.25, 0.3) is 0 Å². The average molecular weight is 441 g/mol.